The lowest BCUT2D eigenvalue weighted by molar-refractivity contribution is 1.69. The van der Waals surface area contributed by atoms with Crippen molar-refractivity contribution >= 4 is 44.2 Å². The lowest BCUT2D eigenvalue weighted by Gasteiger charge is -1.99. The highest BCUT2D eigenvalue weighted by atomic mass is 32.9. The third-order valence-electron chi connectivity index (χ3n) is 2.44. The van der Waals surface area contributed by atoms with Gasteiger partial charge in [0.15, 0.2) is 0 Å². The van der Waals surface area contributed by atoms with Crippen LogP contribution >= 0.6 is 44.2 Å². The molecule has 0 N–H and O–H groups in total. The molecule has 17 heavy (non-hydrogen) atoms. The molecule has 0 aliphatic heterocycles. The van der Waals surface area contributed by atoms with Crippen molar-refractivity contribution in [1.82, 2.24) is 0 Å². The fraction of sp³-hybridized carbons (Fsp3) is 0. The molecule has 4 heteroatoms. The molecular weight excluding hydrogens is 284 g/mol. The summed E-state index contributed by atoms with van der Waals surface area (Å²) in [5, 5.41) is 2.10. The molecule has 2 aromatic heterocycles. The first kappa shape index (κ1) is 11.3. The summed E-state index contributed by atoms with van der Waals surface area (Å²) < 4.78 is 0.965. The van der Waals surface area contributed by atoms with E-state index in [1.807, 2.05) is 0 Å². The summed E-state index contributed by atoms with van der Waals surface area (Å²) in [5.74, 6) is 0. The SMILES string of the molecule is S=c1cc(-c2ccc(-c3cccs3)cc2)ss1. The summed E-state index contributed by atoms with van der Waals surface area (Å²) >= 11 is 6.92. The van der Waals surface area contributed by atoms with E-state index in [-0.39, 0.29) is 0 Å². The van der Waals surface area contributed by atoms with Crippen molar-refractivity contribution in [2.75, 3.05) is 0 Å². The van der Waals surface area contributed by atoms with Crippen molar-refractivity contribution in [2.45, 2.75) is 0 Å². The van der Waals surface area contributed by atoms with Crippen molar-refractivity contribution in [2.24, 2.45) is 0 Å². The van der Waals surface area contributed by atoms with Crippen molar-refractivity contribution < 1.29 is 0 Å². The van der Waals surface area contributed by atoms with Crippen LogP contribution in [0.3, 0.4) is 0 Å². The molecule has 0 radical (unpaired) electrons. The molecule has 0 spiro atoms. The minimum absolute atomic E-state index is 0.965. The lowest BCUT2D eigenvalue weighted by atomic mass is 10.1. The lowest BCUT2D eigenvalue weighted by Crippen LogP contribution is -1.74. The Morgan fingerprint density at radius 3 is 2.06 bits per heavy atom. The minimum Gasteiger partial charge on any atom is -0.144 e. The van der Waals surface area contributed by atoms with E-state index in [4.69, 9.17) is 12.2 Å². The topological polar surface area (TPSA) is 0 Å². The van der Waals surface area contributed by atoms with Gasteiger partial charge in [0.25, 0.3) is 0 Å². The Balaban J connectivity index is 1.98. The van der Waals surface area contributed by atoms with E-state index in [1.54, 1.807) is 32.0 Å². The maximum atomic E-state index is 5.15. The fourth-order valence-corrected chi connectivity index (χ4v) is 4.75. The molecule has 3 rings (SSSR count). The molecular formula is C13H8S4. The average Bonchev–Trinajstić information content (AvgIpc) is 3.00. The van der Waals surface area contributed by atoms with Crippen LogP contribution in [0.5, 0.6) is 0 Å². The van der Waals surface area contributed by atoms with E-state index in [0.29, 0.717) is 0 Å². The maximum absolute atomic E-state index is 5.15. The highest BCUT2D eigenvalue weighted by molar-refractivity contribution is 7.80. The highest BCUT2D eigenvalue weighted by Crippen LogP contribution is 2.32. The third-order valence-corrected chi connectivity index (χ3v) is 6.27. The van der Waals surface area contributed by atoms with Crippen LogP contribution in [0.25, 0.3) is 20.9 Å². The molecule has 0 fully saturated rings. The molecule has 0 aliphatic carbocycles. The summed E-state index contributed by atoms with van der Waals surface area (Å²) in [7, 11) is 3.41. The Bertz CT molecular complexity index is 656. The molecule has 0 nitrogen and oxygen atoms in total. The quantitative estimate of drug-likeness (QED) is 0.416. The van der Waals surface area contributed by atoms with Gasteiger partial charge in [-0.15, -0.1) is 11.3 Å². The Morgan fingerprint density at radius 1 is 0.824 bits per heavy atom. The van der Waals surface area contributed by atoms with Gasteiger partial charge >= 0.3 is 0 Å². The Kier molecular flexibility index (Phi) is 3.20. The summed E-state index contributed by atoms with van der Waals surface area (Å²) in [6, 6.07) is 15.0. The Hall–Kier alpha value is -0.810. The van der Waals surface area contributed by atoms with Crippen molar-refractivity contribution in [3.63, 3.8) is 0 Å². The van der Waals surface area contributed by atoms with E-state index >= 15 is 0 Å². The molecule has 0 unspecified atom stereocenters. The van der Waals surface area contributed by atoms with Crippen LogP contribution in [0.4, 0.5) is 0 Å². The van der Waals surface area contributed by atoms with Gasteiger partial charge in [0, 0.05) is 9.75 Å². The van der Waals surface area contributed by atoms with Crippen LogP contribution in [0.2, 0.25) is 0 Å². The van der Waals surface area contributed by atoms with Gasteiger partial charge in [-0.3, -0.25) is 0 Å². The van der Waals surface area contributed by atoms with Gasteiger partial charge in [-0.1, -0.05) is 63.2 Å². The van der Waals surface area contributed by atoms with E-state index in [0.717, 1.165) is 3.82 Å². The molecule has 1 aromatic carbocycles. The predicted octanol–water partition coefficient (Wildman–Crippen LogP) is 5.93. The van der Waals surface area contributed by atoms with E-state index in [9.17, 15) is 0 Å². The number of hydrogen-bond donors (Lipinski definition) is 0. The second kappa shape index (κ2) is 4.82. The minimum atomic E-state index is 0.965. The second-order valence-corrected chi connectivity index (χ2v) is 7.41. The van der Waals surface area contributed by atoms with Crippen molar-refractivity contribution in [1.29, 1.82) is 0 Å². The average molecular weight is 292 g/mol. The summed E-state index contributed by atoms with van der Waals surface area (Å²) in [6.07, 6.45) is 0. The summed E-state index contributed by atoms with van der Waals surface area (Å²) in [5.41, 5.74) is 2.53. The van der Waals surface area contributed by atoms with Crippen molar-refractivity contribution in [3.8, 4) is 20.9 Å². The maximum Gasteiger partial charge on any atom is 0.102 e. The van der Waals surface area contributed by atoms with E-state index < -0.39 is 0 Å². The first-order valence-electron chi connectivity index (χ1n) is 5.07. The smallest absolute Gasteiger partial charge is 0.102 e. The molecule has 2 heterocycles. The van der Waals surface area contributed by atoms with Gasteiger partial charge in [0.1, 0.15) is 3.82 Å². The van der Waals surface area contributed by atoms with Gasteiger partial charge < -0.3 is 0 Å². The molecule has 0 atom stereocenters. The van der Waals surface area contributed by atoms with Gasteiger partial charge in [-0.05, 0) is 28.6 Å². The standard InChI is InChI=1S/C13H8S4/c14-13-8-12(16-17-13)10-5-3-9(4-6-10)11-2-1-7-15-11/h1-8H. The predicted molar refractivity (Wildman–Crippen MR) is 81.8 cm³/mol. The molecule has 3 aromatic rings. The summed E-state index contributed by atoms with van der Waals surface area (Å²) in [6.45, 7) is 0. The summed E-state index contributed by atoms with van der Waals surface area (Å²) in [4.78, 5) is 2.58. The van der Waals surface area contributed by atoms with E-state index in [2.05, 4.69) is 47.8 Å². The van der Waals surface area contributed by atoms with Gasteiger partial charge in [0.05, 0.1) is 0 Å². The van der Waals surface area contributed by atoms with Gasteiger partial charge in [0.2, 0.25) is 0 Å². The first-order chi connectivity index (χ1) is 8.33. The highest BCUT2D eigenvalue weighted by Gasteiger charge is 2.02. The molecule has 0 saturated heterocycles. The second-order valence-electron chi connectivity index (χ2n) is 3.55. The molecule has 0 saturated carbocycles. The molecule has 84 valence electrons. The van der Waals surface area contributed by atoms with E-state index in [1.165, 1.54) is 20.9 Å². The Labute approximate surface area is 116 Å². The molecule has 0 amide bonds. The van der Waals surface area contributed by atoms with Gasteiger partial charge in [-0.25, -0.2) is 0 Å². The zero-order valence-electron chi connectivity index (χ0n) is 8.75. The van der Waals surface area contributed by atoms with Crippen LogP contribution in [-0.2, 0) is 0 Å². The number of hydrogen-bond acceptors (Lipinski definition) is 4. The molecule has 0 bridgehead atoms. The van der Waals surface area contributed by atoms with Gasteiger partial charge in [-0.2, -0.15) is 0 Å². The number of benzene rings is 1. The van der Waals surface area contributed by atoms with Crippen LogP contribution in [0, 0.1) is 3.82 Å². The van der Waals surface area contributed by atoms with Crippen LogP contribution in [-0.4, -0.2) is 0 Å². The zero-order chi connectivity index (χ0) is 11.7. The zero-order valence-corrected chi connectivity index (χ0v) is 12.0. The Morgan fingerprint density at radius 2 is 1.53 bits per heavy atom. The number of thiophene rings is 1. The monoisotopic (exact) mass is 292 g/mol. The normalized spacial score (nSPS) is 10.6. The van der Waals surface area contributed by atoms with Crippen LogP contribution in [0.15, 0.2) is 47.8 Å². The van der Waals surface area contributed by atoms with Crippen molar-refractivity contribution in [3.05, 3.63) is 51.7 Å². The first-order valence-corrected chi connectivity index (χ1v) is 8.51. The fourth-order valence-electron chi connectivity index (χ4n) is 1.61. The molecule has 0 aliphatic rings. The van der Waals surface area contributed by atoms with Crippen LogP contribution < -0.4 is 0 Å². The largest absolute Gasteiger partial charge is 0.144 e. The van der Waals surface area contributed by atoms with Crippen LogP contribution in [0.1, 0.15) is 0 Å². The number of rotatable bonds is 2. The third kappa shape index (κ3) is 2.40.